The lowest BCUT2D eigenvalue weighted by Crippen LogP contribution is -2.39. The van der Waals surface area contributed by atoms with Gasteiger partial charge in [0.05, 0.1) is 47.1 Å². The summed E-state index contributed by atoms with van der Waals surface area (Å²) in [6.07, 6.45) is 1.77. The molecule has 2 heterocycles. The zero-order valence-corrected chi connectivity index (χ0v) is 27.0. The summed E-state index contributed by atoms with van der Waals surface area (Å²) in [4.78, 5) is 32.2. The monoisotopic (exact) mass is 682 g/mol. The molecule has 8 nitrogen and oxygen atoms in total. The highest BCUT2D eigenvalue weighted by molar-refractivity contribution is 9.10. The summed E-state index contributed by atoms with van der Waals surface area (Å²) in [6, 6.07) is 17.6. The highest BCUT2D eigenvalue weighted by atomic mass is 79.9. The molecule has 5 rings (SSSR count). The first-order valence-corrected chi connectivity index (χ1v) is 15.3. The highest BCUT2D eigenvalue weighted by Crippen LogP contribution is 2.37. The van der Waals surface area contributed by atoms with Gasteiger partial charge in [-0.2, -0.15) is 0 Å². The molecule has 43 heavy (non-hydrogen) atoms. The van der Waals surface area contributed by atoms with E-state index in [0.29, 0.717) is 54.0 Å². The topological polar surface area (TPSA) is 88.4 Å². The molecule has 11 heteroatoms. The first-order chi connectivity index (χ1) is 20.7. The number of halogens is 2. The number of esters is 1. The fourth-order valence-corrected chi connectivity index (χ4v) is 6.49. The van der Waals surface area contributed by atoms with E-state index in [2.05, 4.69) is 20.9 Å². The van der Waals surface area contributed by atoms with Crippen LogP contribution < -0.4 is 29.1 Å². The van der Waals surface area contributed by atoms with Crippen molar-refractivity contribution in [2.24, 2.45) is 4.99 Å². The normalized spacial score (nSPS) is 14.7. The number of rotatable bonds is 9. The average Bonchev–Trinajstić information content (AvgIpc) is 3.30. The summed E-state index contributed by atoms with van der Waals surface area (Å²) >= 11 is 10.8. The van der Waals surface area contributed by atoms with Crippen molar-refractivity contribution in [1.29, 1.82) is 0 Å². The first-order valence-electron chi connectivity index (χ1n) is 13.3. The third kappa shape index (κ3) is 6.41. The van der Waals surface area contributed by atoms with Crippen LogP contribution in [0.15, 0.2) is 86.2 Å². The molecule has 1 aliphatic rings. The maximum atomic E-state index is 14.0. The van der Waals surface area contributed by atoms with Crippen LogP contribution in [0.1, 0.15) is 36.6 Å². The van der Waals surface area contributed by atoms with Crippen molar-refractivity contribution in [1.82, 2.24) is 4.57 Å². The quantitative estimate of drug-likeness (QED) is 0.207. The Balaban J connectivity index is 1.56. The molecule has 4 aromatic rings. The van der Waals surface area contributed by atoms with Crippen molar-refractivity contribution >= 4 is 50.9 Å². The van der Waals surface area contributed by atoms with E-state index in [1.807, 2.05) is 42.5 Å². The van der Waals surface area contributed by atoms with E-state index in [9.17, 15) is 9.59 Å². The second kappa shape index (κ2) is 13.2. The largest absolute Gasteiger partial charge is 0.497 e. The predicted molar refractivity (Wildman–Crippen MR) is 170 cm³/mol. The summed E-state index contributed by atoms with van der Waals surface area (Å²) < 4.78 is 25.0. The van der Waals surface area contributed by atoms with E-state index in [0.717, 1.165) is 16.7 Å². The number of benzene rings is 3. The van der Waals surface area contributed by atoms with Crippen molar-refractivity contribution in [3.05, 3.63) is 118 Å². The van der Waals surface area contributed by atoms with Crippen molar-refractivity contribution in [2.75, 3.05) is 20.8 Å². The molecule has 0 N–H and O–H groups in total. The molecule has 222 valence electrons. The highest BCUT2D eigenvalue weighted by Gasteiger charge is 2.33. The molecule has 0 bridgehead atoms. The van der Waals surface area contributed by atoms with Gasteiger partial charge in [-0.15, -0.1) is 0 Å². The molecule has 1 unspecified atom stereocenters. The molecule has 0 amide bonds. The van der Waals surface area contributed by atoms with Crippen LogP contribution in [0.4, 0.5) is 0 Å². The summed E-state index contributed by atoms with van der Waals surface area (Å²) in [5.74, 6) is 1.18. The Morgan fingerprint density at radius 3 is 2.47 bits per heavy atom. The minimum Gasteiger partial charge on any atom is -0.497 e. The van der Waals surface area contributed by atoms with Gasteiger partial charge in [0.25, 0.3) is 5.56 Å². The Kier molecular flexibility index (Phi) is 9.39. The lowest BCUT2D eigenvalue weighted by atomic mass is 9.96. The third-order valence-corrected chi connectivity index (χ3v) is 8.62. The molecule has 0 spiro atoms. The standard InChI is InChI=1S/C32H28BrClN2O6S/c1-5-41-31(38)27-18(2)35-32-36(28(27)21-8-12-23(39-3)13-9-21)30(37)26(43-32)16-20-14-24(33)29(25(15-20)40-4)42-17-19-6-10-22(34)11-7-19/h6-16,28H,5,17H2,1-4H3/b26-16+. The minimum absolute atomic E-state index is 0.200. The number of hydrogen-bond donors (Lipinski definition) is 0. The van der Waals surface area contributed by atoms with E-state index in [1.54, 1.807) is 56.9 Å². The van der Waals surface area contributed by atoms with Crippen molar-refractivity contribution in [3.63, 3.8) is 0 Å². The molecule has 0 fully saturated rings. The van der Waals surface area contributed by atoms with Gasteiger partial charge in [0.1, 0.15) is 12.4 Å². The van der Waals surface area contributed by atoms with E-state index in [4.69, 9.17) is 30.5 Å². The lowest BCUT2D eigenvalue weighted by Gasteiger charge is -2.24. The average molecular weight is 684 g/mol. The van der Waals surface area contributed by atoms with Gasteiger partial charge in [0, 0.05) is 5.02 Å². The molecule has 0 saturated carbocycles. The van der Waals surface area contributed by atoms with Crippen molar-refractivity contribution in [3.8, 4) is 17.2 Å². The van der Waals surface area contributed by atoms with Crippen LogP contribution >= 0.6 is 38.9 Å². The summed E-state index contributed by atoms with van der Waals surface area (Å²) in [5, 5.41) is 0.653. The van der Waals surface area contributed by atoms with Crippen LogP contribution in [0.3, 0.4) is 0 Å². The van der Waals surface area contributed by atoms with E-state index in [-0.39, 0.29) is 12.2 Å². The van der Waals surface area contributed by atoms with E-state index >= 15 is 0 Å². The van der Waals surface area contributed by atoms with Gasteiger partial charge >= 0.3 is 5.97 Å². The van der Waals surface area contributed by atoms with Crippen molar-refractivity contribution < 1.29 is 23.7 Å². The third-order valence-electron chi connectivity index (χ3n) is 6.79. The van der Waals surface area contributed by atoms with Crippen LogP contribution in [0.2, 0.25) is 5.02 Å². The number of aromatic nitrogens is 1. The number of hydrogen-bond acceptors (Lipinski definition) is 8. The number of nitrogens with zero attached hydrogens (tertiary/aromatic N) is 2. The molecular formula is C32H28BrClN2O6S. The van der Waals surface area contributed by atoms with Crippen LogP contribution in [0.5, 0.6) is 17.2 Å². The Labute approximate surface area is 265 Å². The molecular weight excluding hydrogens is 656 g/mol. The van der Waals surface area contributed by atoms with E-state index in [1.165, 1.54) is 11.3 Å². The first kappa shape index (κ1) is 30.6. The van der Waals surface area contributed by atoms with Crippen LogP contribution in [0.25, 0.3) is 6.08 Å². The Morgan fingerprint density at radius 2 is 1.81 bits per heavy atom. The Morgan fingerprint density at radius 1 is 1.09 bits per heavy atom. The summed E-state index contributed by atoms with van der Waals surface area (Å²) in [5.41, 5.74) is 2.94. The maximum absolute atomic E-state index is 14.0. The fourth-order valence-electron chi connectivity index (χ4n) is 4.74. The SMILES string of the molecule is CCOC(=O)C1=C(C)N=c2s/c(=C/c3cc(Br)c(OCc4ccc(Cl)cc4)c(OC)c3)c(=O)n2C1c1ccc(OC)cc1. The molecule has 1 aliphatic heterocycles. The van der Waals surface area contributed by atoms with Gasteiger partial charge in [-0.25, -0.2) is 9.79 Å². The Bertz CT molecular complexity index is 1880. The smallest absolute Gasteiger partial charge is 0.338 e. The molecule has 3 aromatic carbocycles. The maximum Gasteiger partial charge on any atom is 0.338 e. The number of ether oxygens (including phenoxy) is 4. The molecule has 1 aromatic heterocycles. The number of fused-ring (bicyclic) bond motifs is 1. The minimum atomic E-state index is -0.715. The number of methoxy groups -OCH3 is 2. The van der Waals surface area contributed by atoms with Gasteiger partial charge in [-0.3, -0.25) is 9.36 Å². The molecule has 0 radical (unpaired) electrons. The number of carbonyl (C=O) groups excluding carboxylic acids is 1. The molecule has 0 saturated heterocycles. The number of carbonyl (C=O) groups is 1. The van der Waals surface area contributed by atoms with Gasteiger partial charge in [-0.05, 0) is 88.9 Å². The molecule has 1 atom stereocenters. The second-order valence-electron chi connectivity index (χ2n) is 9.52. The van der Waals surface area contributed by atoms with Crippen LogP contribution in [0, 0.1) is 0 Å². The number of thiazole rings is 1. The molecule has 0 aliphatic carbocycles. The van der Waals surface area contributed by atoms with Crippen molar-refractivity contribution in [2.45, 2.75) is 26.5 Å². The van der Waals surface area contributed by atoms with Gasteiger partial charge < -0.3 is 18.9 Å². The Hall–Kier alpha value is -3.86. The summed E-state index contributed by atoms with van der Waals surface area (Å²) in [7, 11) is 3.14. The fraction of sp³-hybridized carbons (Fsp3) is 0.219. The number of allylic oxidation sites excluding steroid dienone is 1. The van der Waals surface area contributed by atoms with Crippen LogP contribution in [-0.2, 0) is 16.1 Å². The second-order valence-corrected chi connectivity index (χ2v) is 11.8. The zero-order chi connectivity index (χ0) is 30.7. The summed E-state index contributed by atoms with van der Waals surface area (Å²) in [6.45, 7) is 4.01. The van der Waals surface area contributed by atoms with Gasteiger partial charge in [0.2, 0.25) is 0 Å². The van der Waals surface area contributed by atoms with E-state index < -0.39 is 12.0 Å². The van der Waals surface area contributed by atoms with Gasteiger partial charge in [-0.1, -0.05) is 47.2 Å². The van der Waals surface area contributed by atoms with Crippen LogP contribution in [-0.4, -0.2) is 31.4 Å². The van der Waals surface area contributed by atoms with Gasteiger partial charge in [0.15, 0.2) is 16.3 Å². The lowest BCUT2D eigenvalue weighted by molar-refractivity contribution is -0.139. The zero-order valence-electron chi connectivity index (χ0n) is 23.9. The predicted octanol–water partition coefficient (Wildman–Crippen LogP) is 5.81.